The van der Waals surface area contributed by atoms with Gasteiger partial charge in [0.2, 0.25) is 5.76 Å². The van der Waals surface area contributed by atoms with Crippen LogP contribution in [0.2, 0.25) is 0 Å². The van der Waals surface area contributed by atoms with Crippen LogP contribution in [0.25, 0.3) is 11.3 Å². The van der Waals surface area contributed by atoms with Gasteiger partial charge in [-0.05, 0) is 60.6 Å². The highest BCUT2D eigenvalue weighted by molar-refractivity contribution is 5.89. The van der Waals surface area contributed by atoms with Gasteiger partial charge in [0.05, 0.1) is 13.5 Å². The number of methoxy groups -OCH3 is 1. The fourth-order valence-corrected chi connectivity index (χ4v) is 3.54. The maximum atomic E-state index is 14.1. The number of carbonyl (C=O) groups excluding carboxylic acids is 1. The van der Waals surface area contributed by atoms with E-state index in [1.807, 2.05) is 6.07 Å². The van der Waals surface area contributed by atoms with Gasteiger partial charge in [0.25, 0.3) is 0 Å². The average Bonchev–Trinajstić information content (AvgIpc) is 3.48. The Morgan fingerprint density at radius 1 is 1.19 bits per heavy atom. The van der Waals surface area contributed by atoms with Gasteiger partial charge in [-0.25, -0.2) is 9.18 Å². The number of hydrogen-bond donors (Lipinski definition) is 1. The number of carboxylic acids is 1. The summed E-state index contributed by atoms with van der Waals surface area (Å²) in [6.07, 6.45) is 2.01. The molecule has 0 bridgehead atoms. The van der Waals surface area contributed by atoms with E-state index in [0.29, 0.717) is 11.7 Å². The molecular weight excluding hydrogens is 405 g/mol. The van der Waals surface area contributed by atoms with E-state index in [-0.39, 0.29) is 35.1 Å². The third kappa shape index (κ3) is 4.74. The van der Waals surface area contributed by atoms with Gasteiger partial charge in [-0.2, -0.15) is 0 Å². The Labute approximate surface area is 177 Å². The molecule has 160 valence electrons. The Morgan fingerprint density at radius 3 is 2.71 bits per heavy atom. The summed E-state index contributed by atoms with van der Waals surface area (Å²) in [5, 5.41) is 13.0. The number of nitrogens with zero attached hydrogens (tertiary/aromatic N) is 1. The highest BCUT2D eigenvalue weighted by atomic mass is 19.1. The predicted octanol–water partition coefficient (Wildman–Crippen LogP) is 4.68. The Bertz CT molecular complexity index is 1120. The van der Waals surface area contributed by atoms with Gasteiger partial charge >= 0.3 is 11.9 Å². The number of carbonyl (C=O) groups is 2. The van der Waals surface area contributed by atoms with E-state index in [1.54, 1.807) is 18.2 Å². The lowest BCUT2D eigenvalue weighted by molar-refractivity contribution is -0.137. The van der Waals surface area contributed by atoms with Gasteiger partial charge in [-0.1, -0.05) is 17.3 Å². The third-order valence-corrected chi connectivity index (χ3v) is 5.24. The van der Waals surface area contributed by atoms with E-state index < -0.39 is 17.8 Å². The molecule has 0 amide bonds. The SMILES string of the molecule is COc1ccc(F)c(-c2cc(C(=O)Oc3cccc(C(CC(=O)O)C4CC4)c3)on2)c1. The van der Waals surface area contributed by atoms with Crippen LogP contribution in [0.3, 0.4) is 0 Å². The van der Waals surface area contributed by atoms with Crippen molar-refractivity contribution in [3.05, 3.63) is 65.7 Å². The molecule has 1 aromatic heterocycles. The molecule has 1 atom stereocenters. The molecule has 0 aliphatic heterocycles. The highest BCUT2D eigenvalue weighted by Crippen LogP contribution is 2.45. The maximum absolute atomic E-state index is 14.1. The smallest absolute Gasteiger partial charge is 0.382 e. The monoisotopic (exact) mass is 425 g/mol. The molecule has 1 aliphatic rings. The number of hydrogen-bond acceptors (Lipinski definition) is 6. The van der Waals surface area contributed by atoms with Crippen molar-refractivity contribution in [3.8, 4) is 22.8 Å². The number of aromatic nitrogens is 1. The third-order valence-electron chi connectivity index (χ3n) is 5.24. The zero-order valence-corrected chi connectivity index (χ0v) is 16.7. The molecule has 1 aliphatic carbocycles. The van der Waals surface area contributed by atoms with Gasteiger partial charge in [0.15, 0.2) is 0 Å². The van der Waals surface area contributed by atoms with E-state index >= 15 is 0 Å². The molecule has 1 unspecified atom stereocenters. The molecular formula is C23H20FNO6. The van der Waals surface area contributed by atoms with Crippen molar-refractivity contribution >= 4 is 11.9 Å². The van der Waals surface area contributed by atoms with Gasteiger partial charge in [0.1, 0.15) is 23.0 Å². The quantitative estimate of drug-likeness (QED) is 0.413. The second kappa shape index (κ2) is 8.59. The summed E-state index contributed by atoms with van der Waals surface area (Å²) in [6.45, 7) is 0. The van der Waals surface area contributed by atoms with Crippen molar-refractivity contribution in [1.82, 2.24) is 5.16 Å². The molecule has 0 radical (unpaired) electrons. The maximum Gasteiger partial charge on any atom is 0.382 e. The summed E-state index contributed by atoms with van der Waals surface area (Å²) in [5.74, 6) is -1.46. The molecule has 7 nitrogen and oxygen atoms in total. The van der Waals surface area contributed by atoms with E-state index in [9.17, 15) is 19.1 Å². The van der Waals surface area contributed by atoms with Crippen molar-refractivity contribution in [2.45, 2.75) is 25.2 Å². The second-order valence-electron chi connectivity index (χ2n) is 7.43. The zero-order valence-electron chi connectivity index (χ0n) is 16.7. The minimum absolute atomic E-state index is 0.0274. The number of esters is 1. The average molecular weight is 425 g/mol. The summed E-state index contributed by atoms with van der Waals surface area (Å²) < 4.78 is 29.7. The molecule has 1 heterocycles. The van der Waals surface area contributed by atoms with Crippen LogP contribution in [0.1, 0.15) is 41.3 Å². The van der Waals surface area contributed by atoms with E-state index in [0.717, 1.165) is 18.4 Å². The van der Waals surface area contributed by atoms with Gasteiger partial charge < -0.3 is 19.1 Å². The van der Waals surface area contributed by atoms with Crippen LogP contribution >= 0.6 is 0 Å². The first-order chi connectivity index (χ1) is 14.9. The van der Waals surface area contributed by atoms with Crippen LogP contribution in [0.15, 0.2) is 53.1 Å². The molecule has 31 heavy (non-hydrogen) atoms. The first kappa shape index (κ1) is 20.6. The normalized spacial score (nSPS) is 14.1. The molecule has 8 heteroatoms. The minimum atomic E-state index is -0.863. The molecule has 3 aromatic rings. The van der Waals surface area contributed by atoms with E-state index in [4.69, 9.17) is 14.0 Å². The number of rotatable bonds is 8. The topological polar surface area (TPSA) is 98.9 Å². The molecule has 1 fully saturated rings. The van der Waals surface area contributed by atoms with E-state index in [2.05, 4.69) is 5.16 Å². The van der Waals surface area contributed by atoms with Crippen molar-refractivity contribution < 1.29 is 33.1 Å². The molecule has 0 saturated heterocycles. The summed E-state index contributed by atoms with van der Waals surface area (Å²) in [7, 11) is 1.46. The fourth-order valence-electron chi connectivity index (χ4n) is 3.54. The predicted molar refractivity (Wildman–Crippen MR) is 108 cm³/mol. The molecule has 4 rings (SSSR count). The number of halogens is 1. The largest absolute Gasteiger partial charge is 0.497 e. The Hall–Kier alpha value is -3.68. The van der Waals surface area contributed by atoms with E-state index in [1.165, 1.54) is 31.4 Å². The summed E-state index contributed by atoms with van der Waals surface area (Å²) in [6, 6.07) is 12.3. The standard InChI is InChI=1S/C23H20FNO6/c1-29-15-7-8-19(24)18(10-15)20-12-21(31-25-20)23(28)30-16-4-2-3-14(9-16)17(11-22(26)27)13-5-6-13/h2-4,7-10,12-13,17H,5-6,11H2,1H3,(H,26,27). The van der Waals surface area contributed by atoms with Crippen LogP contribution in [0.4, 0.5) is 4.39 Å². The van der Waals surface area contributed by atoms with Gasteiger partial charge in [-0.3, -0.25) is 4.79 Å². The zero-order chi connectivity index (χ0) is 22.0. The Kier molecular flexibility index (Phi) is 5.70. The van der Waals surface area contributed by atoms with Crippen molar-refractivity contribution in [2.24, 2.45) is 5.92 Å². The minimum Gasteiger partial charge on any atom is -0.497 e. The lowest BCUT2D eigenvalue weighted by atomic mass is 9.91. The van der Waals surface area contributed by atoms with Crippen LogP contribution in [-0.4, -0.2) is 29.3 Å². The molecule has 0 spiro atoms. The van der Waals surface area contributed by atoms with Gasteiger partial charge in [0, 0.05) is 11.6 Å². The Balaban J connectivity index is 1.51. The molecule has 1 N–H and O–H groups in total. The highest BCUT2D eigenvalue weighted by Gasteiger charge is 2.34. The number of carboxylic acid groups (broad SMARTS) is 1. The van der Waals surface area contributed by atoms with Crippen molar-refractivity contribution in [1.29, 1.82) is 0 Å². The summed E-state index contributed by atoms with van der Waals surface area (Å²) in [4.78, 5) is 23.7. The van der Waals surface area contributed by atoms with Crippen LogP contribution < -0.4 is 9.47 Å². The molecule has 2 aromatic carbocycles. The number of ether oxygens (including phenoxy) is 2. The summed E-state index contributed by atoms with van der Waals surface area (Å²) >= 11 is 0. The molecule has 1 saturated carbocycles. The Morgan fingerprint density at radius 2 is 2.00 bits per heavy atom. The van der Waals surface area contributed by atoms with Crippen molar-refractivity contribution in [2.75, 3.05) is 7.11 Å². The van der Waals surface area contributed by atoms with Crippen molar-refractivity contribution in [3.63, 3.8) is 0 Å². The first-order valence-corrected chi connectivity index (χ1v) is 9.79. The summed E-state index contributed by atoms with van der Waals surface area (Å²) in [5.41, 5.74) is 1.07. The lowest BCUT2D eigenvalue weighted by Crippen LogP contribution is -2.10. The lowest BCUT2D eigenvalue weighted by Gasteiger charge is -2.15. The second-order valence-corrected chi connectivity index (χ2v) is 7.43. The number of benzene rings is 2. The number of aliphatic carboxylic acids is 1. The van der Waals surface area contributed by atoms with Crippen LogP contribution in [0, 0.1) is 11.7 Å². The van der Waals surface area contributed by atoms with Crippen LogP contribution in [0.5, 0.6) is 11.5 Å². The fraction of sp³-hybridized carbons (Fsp3) is 0.261. The van der Waals surface area contributed by atoms with Gasteiger partial charge in [-0.15, -0.1) is 0 Å². The first-order valence-electron chi connectivity index (χ1n) is 9.79. The van der Waals surface area contributed by atoms with Crippen LogP contribution in [-0.2, 0) is 4.79 Å².